The summed E-state index contributed by atoms with van der Waals surface area (Å²) in [6.45, 7) is 2.05. The predicted molar refractivity (Wildman–Crippen MR) is 76.2 cm³/mol. The third kappa shape index (κ3) is 2.40. The normalized spacial score (nSPS) is 10.6. The van der Waals surface area contributed by atoms with Crippen LogP contribution in [0.4, 0.5) is 15.8 Å². The van der Waals surface area contributed by atoms with Crippen molar-refractivity contribution in [1.29, 1.82) is 0 Å². The first kappa shape index (κ1) is 11.7. The quantitative estimate of drug-likeness (QED) is 0.730. The van der Waals surface area contributed by atoms with Crippen LogP contribution in [0.1, 0.15) is 5.56 Å². The van der Waals surface area contributed by atoms with E-state index in [1.165, 1.54) is 17.7 Å². The second-order valence-electron chi connectivity index (χ2n) is 4.51. The van der Waals surface area contributed by atoms with Gasteiger partial charge < -0.3 is 5.32 Å². The van der Waals surface area contributed by atoms with E-state index < -0.39 is 0 Å². The summed E-state index contributed by atoms with van der Waals surface area (Å²) >= 11 is 0. The number of aromatic nitrogens is 1. The van der Waals surface area contributed by atoms with Gasteiger partial charge in [0.25, 0.3) is 0 Å². The van der Waals surface area contributed by atoms with Gasteiger partial charge in [0.05, 0.1) is 5.52 Å². The molecular weight excluding hydrogens is 239 g/mol. The Morgan fingerprint density at radius 2 is 1.95 bits per heavy atom. The zero-order valence-corrected chi connectivity index (χ0v) is 10.5. The molecule has 2 nitrogen and oxygen atoms in total. The van der Waals surface area contributed by atoms with Gasteiger partial charge in [0.1, 0.15) is 5.82 Å². The maximum atomic E-state index is 13.2. The highest BCUT2D eigenvalue weighted by atomic mass is 19.1. The number of rotatable bonds is 2. The fourth-order valence-corrected chi connectivity index (χ4v) is 2.11. The Balaban J connectivity index is 2.06. The molecule has 0 bridgehead atoms. The number of benzene rings is 2. The van der Waals surface area contributed by atoms with Gasteiger partial charge in [-0.15, -0.1) is 0 Å². The minimum absolute atomic E-state index is 0.271. The molecule has 1 heterocycles. The number of pyridine rings is 1. The molecule has 1 aromatic heterocycles. The van der Waals surface area contributed by atoms with Crippen molar-refractivity contribution in [2.24, 2.45) is 0 Å². The minimum atomic E-state index is -0.271. The van der Waals surface area contributed by atoms with Gasteiger partial charge in [-0.1, -0.05) is 12.1 Å². The molecule has 2 aromatic carbocycles. The Bertz CT molecular complexity index is 738. The number of nitrogens with one attached hydrogen (secondary N) is 1. The molecular formula is C16H13FN2. The van der Waals surface area contributed by atoms with Crippen LogP contribution >= 0.6 is 0 Å². The average molecular weight is 252 g/mol. The van der Waals surface area contributed by atoms with E-state index in [9.17, 15) is 4.39 Å². The van der Waals surface area contributed by atoms with Crippen LogP contribution in [0.2, 0.25) is 0 Å². The van der Waals surface area contributed by atoms with Crippen molar-refractivity contribution in [3.63, 3.8) is 0 Å². The van der Waals surface area contributed by atoms with E-state index in [0.717, 1.165) is 16.8 Å². The summed E-state index contributed by atoms with van der Waals surface area (Å²) in [5.41, 5.74) is 3.78. The Morgan fingerprint density at radius 1 is 1.05 bits per heavy atom. The van der Waals surface area contributed by atoms with E-state index in [2.05, 4.69) is 16.4 Å². The van der Waals surface area contributed by atoms with Crippen LogP contribution in [-0.2, 0) is 0 Å². The SMILES string of the molecule is Cc1cccc(Nc2ccnc3cc(F)ccc23)c1. The van der Waals surface area contributed by atoms with E-state index in [1.807, 2.05) is 31.2 Å². The molecule has 3 rings (SSSR count). The lowest BCUT2D eigenvalue weighted by atomic mass is 10.1. The van der Waals surface area contributed by atoms with Crippen LogP contribution in [0.15, 0.2) is 54.7 Å². The topological polar surface area (TPSA) is 24.9 Å². The number of fused-ring (bicyclic) bond motifs is 1. The fraction of sp³-hybridized carbons (Fsp3) is 0.0625. The van der Waals surface area contributed by atoms with Gasteiger partial charge in [0.15, 0.2) is 0 Å². The van der Waals surface area contributed by atoms with Crippen LogP contribution in [0.25, 0.3) is 10.9 Å². The molecule has 0 unspecified atom stereocenters. The molecule has 1 N–H and O–H groups in total. The number of halogens is 1. The monoisotopic (exact) mass is 252 g/mol. The van der Waals surface area contributed by atoms with E-state index >= 15 is 0 Å². The van der Waals surface area contributed by atoms with Crippen molar-refractivity contribution in [2.45, 2.75) is 6.92 Å². The third-order valence-electron chi connectivity index (χ3n) is 3.00. The summed E-state index contributed by atoms with van der Waals surface area (Å²) < 4.78 is 13.2. The second-order valence-corrected chi connectivity index (χ2v) is 4.51. The zero-order valence-electron chi connectivity index (χ0n) is 10.5. The lowest BCUT2D eigenvalue weighted by Gasteiger charge is -2.10. The maximum Gasteiger partial charge on any atom is 0.125 e. The molecule has 0 saturated carbocycles. The first-order valence-electron chi connectivity index (χ1n) is 6.10. The van der Waals surface area contributed by atoms with E-state index in [4.69, 9.17) is 0 Å². The van der Waals surface area contributed by atoms with Gasteiger partial charge in [-0.3, -0.25) is 4.98 Å². The van der Waals surface area contributed by atoms with Crippen molar-refractivity contribution in [3.05, 3.63) is 66.1 Å². The van der Waals surface area contributed by atoms with Gasteiger partial charge in [-0.05, 0) is 42.8 Å². The van der Waals surface area contributed by atoms with Crippen molar-refractivity contribution in [2.75, 3.05) is 5.32 Å². The van der Waals surface area contributed by atoms with Crippen molar-refractivity contribution < 1.29 is 4.39 Å². The summed E-state index contributed by atoms with van der Waals surface area (Å²) in [7, 11) is 0. The number of hydrogen-bond acceptors (Lipinski definition) is 2. The summed E-state index contributed by atoms with van der Waals surface area (Å²) in [5, 5.41) is 4.25. The van der Waals surface area contributed by atoms with E-state index in [-0.39, 0.29) is 5.82 Å². The molecule has 0 radical (unpaired) electrons. The smallest absolute Gasteiger partial charge is 0.125 e. The lowest BCUT2D eigenvalue weighted by molar-refractivity contribution is 0.629. The van der Waals surface area contributed by atoms with Gasteiger partial charge in [0.2, 0.25) is 0 Å². The molecule has 0 fully saturated rings. The van der Waals surface area contributed by atoms with E-state index in [0.29, 0.717) is 5.52 Å². The molecule has 0 aliphatic rings. The molecule has 19 heavy (non-hydrogen) atoms. The predicted octanol–water partition coefficient (Wildman–Crippen LogP) is 4.43. The number of hydrogen-bond donors (Lipinski definition) is 1. The first-order valence-corrected chi connectivity index (χ1v) is 6.10. The summed E-state index contributed by atoms with van der Waals surface area (Å²) in [4.78, 5) is 4.18. The fourth-order valence-electron chi connectivity index (χ4n) is 2.11. The molecule has 0 spiro atoms. The maximum absolute atomic E-state index is 13.2. The Hall–Kier alpha value is -2.42. The first-order chi connectivity index (χ1) is 9.22. The van der Waals surface area contributed by atoms with E-state index in [1.54, 1.807) is 12.3 Å². The lowest BCUT2D eigenvalue weighted by Crippen LogP contribution is -1.93. The van der Waals surface area contributed by atoms with Crippen LogP contribution < -0.4 is 5.32 Å². The van der Waals surface area contributed by atoms with Gasteiger partial charge in [0, 0.05) is 29.0 Å². The third-order valence-corrected chi connectivity index (χ3v) is 3.00. The highest BCUT2D eigenvalue weighted by molar-refractivity contribution is 5.92. The second kappa shape index (κ2) is 4.69. The van der Waals surface area contributed by atoms with Crippen molar-refractivity contribution >= 4 is 22.3 Å². The van der Waals surface area contributed by atoms with Crippen LogP contribution in [0.5, 0.6) is 0 Å². The Labute approximate surface area is 110 Å². The standard InChI is InChI=1S/C16H13FN2/c1-11-3-2-4-13(9-11)19-15-7-8-18-16-10-12(17)5-6-14(15)16/h2-10H,1H3,(H,18,19). The highest BCUT2D eigenvalue weighted by Gasteiger charge is 2.03. The summed E-state index contributed by atoms with van der Waals surface area (Å²) in [6, 6.07) is 14.6. The summed E-state index contributed by atoms with van der Waals surface area (Å²) in [5.74, 6) is -0.271. The molecule has 0 atom stereocenters. The van der Waals surface area contributed by atoms with Crippen molar-refractivity contribution in [1.82, 2.24) is 4.98 Å². The largest absolute Gasteiger partial charge is 0.355 e. The van der Waals surface area contributed by atoms with Crippen LogP contribution in [0, 0.1) is 12.7 Å². The number of aryl methyl sites for hydroxylation is 1. The molecule has 0 saturated heterocycles. The Morgan fingerprint density at radius 3 is 2.79 bits per heavy atom. The molecule has 3 heteroatoms. The van der Waals surface area contributed by atoms with Crippen molar-refractivity contribution in [3.8, 4) is 0 Å². The molecule has 0 amide bonds. The van der Waals surface area contributed by atoms with Gasteiger partial charge in [-0.25, -0.2) is 4.39 Å². The minimum Gasteiger partial charge on any atom is -0.355 e. The number of nitrogens with zero attached hydrogens (tertiary/aromatic N) is 1. The summed E-state index contributed by atoms with van der Waals surface area (Å²) in [6.07, 6.45) is 1.68. The van der Waals surface area contributed by atoms with Crippen LogP contribution in [-0.4, -0.2) is 4.98 Å². The molecule has 0 aliphatic heterocycles. The molecule has 0 aliphatic carbocycles. The Kier molecular flexibility index (Phi) is 2.88. The molecule has 3 aromatic rings. The van der Waals surface area contributed by atoms with Gasteiger partial charge >= 0.3 is 0 Å². The average Bonchev–Trinajstić information content (AvgIpc) is 2.38. The van der Waals surface area contributed by atoms with Crippen LogP contribution in [0.3, 0.4) is 0 Å². The number of anilines is 2. The highest BCUT2D eigenvalue weighted by Crippen LogP contribution is 2.25. The zero-order chi connectivity index (χ0) is 13.2. The van der Waals surface area contributed by atoms with Gasteiger partial charge in [-0.2, -0.15) is 0 Å². The molecule has 94 valence electrons.